The zero-order chi connectivity index (χ0) is 10.6. The first kappa shape index (κ1) is 10.0. The zero-order valence-corrected chi connectivity index (χ0v) is 9.65. The lowest BCUT2D eigenvalue weighted by Gasteiger charge is -2.35. The van der Waals surface area contributed by atoms with Crippen LogP contribution in [0.1, 0.15) is 31.9 Å². The molecular formula is C12H16ClN. The van der Waals surface area contributed by atoms with E-state index in [-0.39, 0.29) is 11.0 Å². The van der Waals surface area contributed by atoms with Crippen LogP contribution in [0.2, 0.25) is 5.02 Å². The highest BCUT2D eigenvalue weighted by Crippen LogP contribution is 2.48. The van der Waals surface area contributed by atoms with Crippen LogP contribution >= 0.6 is 11.6 Å². The molecule has 0 saturated heterocycles. The molecule has 1 nitrogen and oxygen atoms in total. The van der Waals surface area contributed by atoms with Gasteiger partial charge in [-0.1, -0.05) is 31.5 Å². The van der Waals surface area contributed by atoms with Crippen molar-refractivity contribution in [2.45, 2.75) is 32.7 Å². The summed E-state index contributed by atoms with van der Waals surface area (Å²) in [7, 11) is 0. The first-order chi connectivity index (χ1) is 6.34. The van der Waals surface area contributed by atoms with Gasteiger partial charge in [0.25, 0.3) is 0 Å². The van der Waals surface area contributed by atoms with E-state index in [0.717, 1.165) is 11.4 Å². The molecule has 0 aromatic heterocycles. The molecule has 1 aromatic rings. The summed E-state index contributed by atoms with van der Waals surface area (Å²) >= 11 is 5.97. The number of halogens is 1. The fourth-order valence-electron chi connectivity index (χ4n) is 2.24. The third-order valence-electron chi connectivity index (χ3n) is 3.67. The van der Waals surface area contributed by atoms with E-state index >= 15 is 0 Å². The smallest absolute Gasteiger partial charge is 0.0438 e. The van der Waals surface area contributed by atoms with Crippen LogP contribution < -0.4 is 5.73 Å². The van der Waals surface area contributed by atoms with Crippen molar-refractivity contribution < 1.29 is 0 Å². The molecule has 0 amide bonds. The van der Waals surface area contributed by atoms with E-state index in [9.17, 15) is 0 Å². The highest BCUT2D eigenvalue weighted by Gasteiger charge is 2.45. The Labute approximate surface area is 90.3 Å². The van der Waals surface area contributed by atoms with E-state index in [1.54, 1.807) is 0 Å². The molecule has 0 fully saturated rings. The van der Waals surface area contributed by atoms with Crippen LogP contribution in [-0.4, -0.2) is 0 Å². The molecule has 0 bridgehead atoms. The van der Waals surface area contributed by atoms with E-state index in [1.807, 2.05) is 12.1 Å². The molecule has 2 N–H and O–H groups in total. The van der Waals surface area contributed by atoms with Crippen molar-refractivity contribution in [2.75, 3.05) is 0 Å². The Balaban J connectivity index is 2.60. The summed E-state index contributed by atoms with van der Waals surface area (Å²) in [5.41, 5.74) is 8.78. The Kier molecular flexibility index (Phi) is 1.96. The molecule has 2 rings (SSSR count). The highest BCUT2D eigenvalue weighted by atomic mass is 35.5. The van der Waals surface area contributed by atoms with Crippen LogP contribution in [0.25, 0.3) is 0 Å². The second-order valence-corrected chi connectivity index (χ2v) is 5.50. The largest absolute Gasteiger partial charge is 0.321 e. The molecule has 0 heterocycles. The lowest BCUT2D eigenvalue weighted by Crippen LogP contribution is -2.43. The third kappa shape index (κ3) is 1.19. The SMILES string of the molecule is CC1(C)Cc2cc(Cl)ccc2C1(C)N. The van der Waals surface area contributed by atoms with E-state index in [0.29, 0.717) is 0 Å². The highest BCUT2D eigenvalue weighted by molar-refractivity contribution is 6.30. The van der Waals surface area contributed by atoms with Gasteiger partial charge >= 0.3 is 0 Å². The third-order valence-corrected chi connectivity index (χ3v) is 3.90. The first-order valence-corrected chi connectivity index (χ1v) is 5.30. The maximum Gasteiger partial charge on any atom is 0.0438 e. The van der Waals surface area contributed by atoms with Crippen LogP contribution in [0.15, 0.2) is 18.2 Å². The quantitative estimate of drug-likeness (QED) is 0.698. The molecule has 0 radical (unpaired) electrons. The normalized spacial score (nSPS) is 28.9. The van der Waals surface area contributed by atoms with Gasteiger partial charge in [-0.3, -0.25) is 0 Å². The summed E-state index contributed by atoms with van der Waals surface area (Å²) in [4.78, 5) is 0. The minimum Gasteiger partial charge on any atom is -0.321 e. The predicted molar refractivity (Wildman–Crippen MR) is 60.5 cm³/mol. The topological polar surface area (TPSA) is 26.0 Å². The Morgan fingerprint density at radius 1 is 1.29 bits per heavy atom. The van der Waals surface area contributed by atoms with Gasteiger partial charge in [-0.25, -0.2) is 0 Å². The van der Waals surface area contributed by atoms with Crippen LogP contribution in [0.3, 0.4) is 0 Å². The second-order valence-electron chi connectivity index (χ2n) is 5.06. The number of hydrogen-bond donors (Lipinski definition) is 1. The van der Waals surface area contributed by atoms with Gasteiger partial charge in [0.05, 0.1) is 0 Å². The maximum absolute atomic E-state index is 6.37. The Morgan fingerprint density at radius 2 is 1.93 bits per heavy atom. The summed E-state index contributed by atoms with van der Waals surface area (Å²) in [5, 5.41) is 0.803. The molecule has 1 aliphatic rings. The van der Waals surface area contributed by atoms with Crippen molar-refractivity contribution in [3.63, 3.8) is 0 Å². The van der Waals surface area contributed by atoms with Gasteiger partial charge in [-0.05, 0) is 42.0 Å². The molecule has 0 spiro atoms. The van der Waals surface area contributed by atoms with Gasteiger partial charge in [0.1, 0.15) is 0 Å². The van der Waals surface area contributed by atoms with Crippen LogP contribution in [0, 0.1) is 5.41 Å². The lowest BCUT2D eigenvalue weighted by molar-refractivity contribution is 0.211. The predicted octanol–water partition coefficient (Wildman–Crippen LogP) is 3.10. The molecule has 1 aromatic carbocycles. The molecule has 1 atom stereocenters. The summed E-state index contributed by atoms with van der Waals surface area (Å²) in [6.07, 6.45) is 1.01. The van der Waals surface area contributed by atoms with Gasteiger partial charge in [0, 0.05) is 10.6 Å². The van der Waals surface area contributed by atoms with E-state index in [4.69, 9.17) is 17.3 Å². The minimum absolute atomic E-state index is 0.111. The number of hydrogen-bond acceptors (Lipinski definition) is 1. The van der Waals surface area contributed by atoms with Gasteiger partial charge < -0.3 is 5.73 Å². The summed E-state index contributed by atoms with van der Waals surface area (Å²) in [5.74, 6) is 0. The Morgan fingerprint density at radius 3 is 2.57 bits per heavy atom. The monoisotopic (exact) mass is 209 g/mol. The summed E-state index contributed by atoms with van der Waals surface area (Å²) in [6.45, 7) is 6.52. The van der Waals surface area contributed by atoms with E-state index < -0.39 is 0 Å². The molecule has 0 aliphatic heterocycles. The Hall–Kier alpha value is -0.530. The van der Waals surface area contributed by atoms with Crippen molar-refractivity contribution in [1.82, 2.24) is 0 Å². The standard InChI is InChI=1S/C12H16ClN/c1-11(2)7-8-6-9(13)4-5-10(8)12(11,3)14/h4-6H,7,14H2,1-3H3. The van der Waals surface area contributed by atoms with Gasteiger partial charge in [0.2, 0.25) is 0 Å². The van der Waals surface area contributed by atoms with Gasteiger partial charge in [-0.15, -0.1) is 0 Å². The molecule has 14 heavy (non-hydrogen) atoms. The molecule has 2 heteroatoms. The van der Waals surface area contributed by atoms with Gasteiger partial charge in [-0.2, -0.15) is 0 Å². The summed E-state index contributed by atoms with van der Waals surface area (Å²) in [6, 6.07) is 6.02. The van der Waals surface area contributed by atoms with Crippen molar-refractivity contribution in [3.05, 3.63) is 34.3 Å². The first-order valence-electron chi connectivity index (χ1n) is 4.92. The van der Waals surface area contributed by atoms with Crippen molar-refractivity contribution in [3.8, 4) is 0 Å². The van der Waals surface area contributed by atoms with Crippen molar-refractivity contribution >= 4 is 11.6 Å². The van der Waals surface area contributed by atoms with E-state index in [1.165, 1.54) is 11.1 Å². The maximum atomic E-state index is 6.37. The molecule has 0 saturated carbocycles. The van der Waals surface area contributed by atoms with Crippen LogP contribution in [-0.2, 0) is 12.0 Å². The van der Waals surface area contributed by atoms with Crippen molar-refractivity contribution in [2.24, 2.45) is 11.1 Å². The minimum atomic E-state index is -0.243. The number of fused-ring (bicyclic) bond motifs is 1. The average molecular weight is 210 g/mol. The second kappa shape index (κ2) is 2.74. The summed E-state index contributed by atoms with van der Waals surface area (Å²) < 4.78 is 0. The van der Waals surface area contributed by atoms with Crippen LogP contribution in [0.4, 0.5) is 0 Å². The number of rotatable bonds is 0. The molecule has 76 valence electrons. The fourth-order valence-corrected chi connectivity index (χ4v) is 2.43. The zero-order valence-electron chi connectivity index (χ0n) is 8.89. The Bertz CT molecular complexity index is 380. The molecule has 1 unspecified atom stereocenters. The van der Waals surface area contributed by atoms with E-state index in [2.05, 4.69) is 26.8 Å². The van der Waals surface area contributed by atoms with Gasteiger partial charge in [0.15, 0.2) is 0 Å². The van der Waals surface area contributed by atoms with Crippen molar-refractivity contribution in [1.29, 1.82) is 0 Å². The molecular weight excluding hydrogens is 194 g/mol. The fraction of sp³-hybridized carbons (Fsp3) is 0.500. The average Bonchev–Trinajstić information content (AvgIpc) is 2.18. The number of benzene rings is 1. The van der Waals surface area contributed by atoms with Crippen LogP contribution in [0.5, 0.6) is 0 Å². The lowest BCUT2D eigenvalue weighted by atomic mass is 9.75. The number of nitrogens with two attached hydrogens (primary N) is 1. The molecule has 1 aliphatic carbocycles.